The summed E-state index contributed by atoms with van der Waals surface area (Å²) in [6.45, 7) is 1.83. The number of anilines is 2. The van der Waals surface area contributed by atoms with Crippen LogP contribution in [0.2, 0.25) is 0 Å². The van der Waals surface area contributed by atoms with Crippen molar-refractivity contribution in [1.29, 1.82) is 0 Å². The minimum atomic E-state index is -0.560. The fourth-order valence-corrected chi connectivity index (χ4v) is 3.36. The molecule has 3 aromatic rings. The van der Waals surface area contributed by atoms with Crippen LogP contribution in [-0.2, 0) is 4.79 Å². The number of methoxy groups -OCH3 is 2. The highest BCUT2D eigenvalue weighted by Gasteiger charge is 2.35. The van der Waals surface area contributed by atoms with Crippen molar-refractivity contribution in [3.05, 3.63) is 65.9 Å². The van der Waals surface area contributed by atoms with Gasteiger partial charge in [0.1, 0.15) is 23.9 Å². The van der Waals surface area contributed by atoms with E-state index in [1.54, 1.807) is 55.6 Å². The molecule has 0 radical (unpaired) electrons. The number of nitrogens with zero attached hydrogens (tertiary/aromatic N) is 4. The van der Waals surface area contributed by atoms with Gasteiger partial charge < -0.3 is 20.1 Å². The maximum absolute atomic E-state index is 13.3. The van der Waals surface area contributed by atoms with Gasteiger partial charge >= 0.3 is 0 Å². The Hall–Kier alpha value is -3.88. The van der Waals surface area contributed by atoms with Crippen molar-refractivity contribution >= 4 is 17.5 Å². The first-order chi connectivity index (χ1) is 14.1. The molecule has 0 fully saturated rings. The highest BCUT2D eigenvalue weighted by atomic mass is 16.5. The van der Waals surface area contributed by atoms with E-state index in [2.05, 4.69) is 25.7 Å². The van der Waals surface area contributed by atoms with E-state index < -0.39 is 6.04 Å². The molecule has 0 unspecified atom stereocenters. The Kier molecular flexibility index (Phi) is 4.86. The van der Waals surface area contributed by atoms with Crippen LogP contribution in [0.3, 0.4) is 0 Å². The number of fused-ring (bicyclic) bond motifs is 1. The van der Waals surface area contributed by atoms with Gasteiger partial charge in [-0.25, -0.2) is 4.68 Å². The average Bonchev–Trinajstić information content (AvgIpc) is 3.20. The Balaban J connectivity index is 1.84. The molecule has 9 nitrogen and oxygen atoms in total. The van der Waals surface area contributed by atoms with Gasteiger partial charge in [-0.05, 0) is 37.3 Å². The van der Waals surface area contributed by atoms with Gasteiger partial charge in [0.05, 0.1) is 31.7 Å². The van der Waals surface area contributed by atoms with E-state index in [0.717, 1.165) is 5.56 Å². The number of ether oxygens (including phenoxy) is 2. The molecule has 0 aliphatic carbocycles. The second kappa shape index (κ2) is 7.63. The van der Waals surface area contributed by atoms with Gasteiger partial charge in [-0.2, -0.15) is 10.1 Å². The van der Waals surface area contributed by atoms with E-state index in [1.165, 1.54) is 6.33 Å². The minimum Gasteiger partial charge on any atom is -0.497 e. The van der Waals surface area contributed by atoms with Crippen molar-refractivity contribution in [3.63, 3.8) is 0 Å². The zero-order valence-corrected chi connectivity index (χ0v) is 16.2. The summed E-state index contributed by atoms with van der Waals surface area (Å²) < 4.78 is 12.6. The zero-order chi connectivity index (χ0) is 20.4. The molecular formula is C20H20N6O3. The lowest BCUT2D eigenvalue weighted by atomic mass is 9.94. The van der Waals surface area contributed by atoms with Gasteiger partial charge in [0.25, 0.3) is 5.91 Å². The number of allylic oxidation sites excluding steroid dienone is 1. The predicted molar refractivity (Wildman–Crippen MR) is 107 cm³/mol. The van der Waals surface area contributed by atoms with Crippen LogP contribution in [0.5, 0.6) is 11.5 Å². The molecule has 1 atom stereocenters. The van der Waals surface area contributed by atoms with E-state index in [9.17, 15) is 4.79 Å². The van der Waals surface area contributed by atoms with E-state index in [4.69, 9.17) is 9.47 Å². The standard InChI is InChI=1S/C20H20N6O3/c1-12-17(19(27)25-13-5-4-8-21-10-13)18(26-20(24-12)22-11-23-26)15-9-14(28-2)6-7-16(15)29-3/h4-11,18H,1-3H3,(H,25,27)(H,22,23,24)/t18-/m1/s1. The molecule has 0 bridgehead atoms. The molecule has 9 heteroatoms. The first-order valence-electron chi connectivity index (χ1n) is 8.93. The quantitative estimate of drug-likeness (QED) is 0.688. The summed E-state index contributed by atoms with van der Waals surface area (Å²) in [7, 11) is 3.17. The number of benzene rings is 1. The molecule has 4 rings (SSSR count). The van der Waals surface area contributed by atoms with Gasteiger partial charge in [-0.1, -0.05) is 0 Å². The summed E-state index contributed by atoms with van der Waals surface area (Å²) in [6.07, 6.45) is 4.68. The van der Waals surface area contributed by atoms with Crippen LogP contribution < -0.4 is 20.1 Å². The topological polar surface area (TPSA) is 103 Å². The molecule has 2 N–H and O–H groups in total. The van der Waals surface area contributed by atoms with Crippen LogP contribution >= 0.6 is 0 Å². The van der Waals surface area contributed by atoms with Crippen molar-refractivity contribution < 1.29 is 14.3 Å². The van der Waals surface area contributed by atoms with Crippen LogP contribution in [0.1, 0.15) is 18.5 Å². The summed E-state index contributed by atoms with van der Waals surface area (Å²) in [5, 5.41) is 10.4. The molecule has 3 heterocycles. The van der Waals surface area contributed by atoms with Crippen molar-refractivity contribution in [2.45, 2.75) is 13.0 Å². The third kappa shape index (κ3) is 3.38. The molecule has 2 aromatic heterocycles. The molecule has 1 aliphatic heterocycles. The predicted octanol–water partition coefficient (Wildman–Crippen LogP) is 2.62. The fraction of sp³-hybridized carbons (Fsp3) is 0.200. The number of rotatable bonds is 5. The second-order valence-electron chi connectivity index (χ2n) is 6.40. The molecule has 0 spiro atoms. The Morgan fingerprint density at radius 1 is 1.24 bits per heavy atom. The van der Waals surface area contributed by atoms with E-state index in [-0.39, 0.29) is 5.91 Å². The van der Waals surface area contributed by atoms with Crippen LogP contribution in [0.25, 0.3) is 0 Å². The summed E-state index contributed by atoms with van der Waals surface area (Å²) in [6, 6.07) is 8.42. The van der Waals surface area contributed by atoms with Crippen molar-refractivity contribution in [1.82, 2.24) is 19.7 Å². The molecule has 148 valence electrons. The van der Waals surface area contributed by atoms with Gasteiger partial charge in [-0.15, -0.1) is 0 Å². The maximum Gasteiger partial charge on any atom is 0.255 e. The molecule has 1 aliphatic rings. The van der Waals surface area contributed by atoms with Crippen LogP contribution in [0, 0.1) is 0 Å². The number of hydrogen-bond donors (Lipinski definition) is 2. The Morgan fingerprint density at radius 3 is 2.83 bits per heavy atom. The van der Waals surface area contributed by atoms with Crippen molar-refractivity contribution in [2.75, 3.05) is 24.9 Å². The molecule has 0 saturated carbocycles. The number of carbonyl (C=O) groups is 1. The van der Waals surface area contributed by atoms with Gasteiger partial charge in [-0.3, -0.25) is 9.78 Å². The number of aromatic nitrogens is 4. The average molecular weight is 392 g/mol. The SMILES string of the molecule is COc1ccc(OC)c([C@@H]2C(C(=O)Nc3cccnc3)=C(C)Nc3ncnn32)c1. The monoisotopic (exact) mass is 392 g/mol. The Morgan fingerprint density at radius 2 is 2.10 bits per heavy atom. The Bertz CT molecular complexity index is 1080. The largest absolute Gasteiger partial charge is 0.497 e. The van der Waals surface area contributed by atoms with E-state index in [0.29, 0.717) is 34.4 Å². The highest BCUT2D eigenvalue weighted by molar-refractivity contribution is 6.06. The first kappa shape index (κ1) is 18.5. The molecular weight excluding hydrogens is 372 g/mol. The van der Waals surface area contributed by atoms with Gasteiger partial charge in [0.2, 0.25) is 5.95 Å². The van der Waals surface area contributed by atoms with Gasteiger partial charge in [0, 0.05) is 17.5 Å². The van der Waals surface area contributed by atoms with Crippen LogP contribution in [0.15, 0.2) is 60.3 Å². The third-order valence-corrected chi connectivity index (χ3v) is 4.69. The number of amides is 1. The first-order valence-corrected chi connectivity index (χ1v) is 8.93. The smallest absolute Gasteiger partial charge is 0.255 e. The highest BCUT2D eigenvalue weighted by Crippen LogP contribution is 2.40. The maximum atomic E-state index is 13.3. The number of carbonyl (C=O) groups excluding carboxylic acids is 1. The normalized spacial score (nSPS) is 15.3. The summed E-state index contributed by atoms with van der Waals surface area (Å²) in [4.78, 5) is 21.6. The molecule has 29 heavy (non-hydrogen) atoms. The van der Waals surface area contributed by atoms with Crippen molar-refractivity contribution in [2.24, 2.45) is 0 Å². The lowest BCUT2D eigenvalue weighted by molar-refractivity contribution is -0.113. The molecule has 0 saturated heterocycles. The van der Waals surface area contributed by atoms with Crippen LogP contribution in [0.4, 0.5) is 11.6 Å². The number of nitrogens with one attached hydrogen (secondary N) is 2. The summed E-state index contributed by atoms with van der Waals surface area (Å²) in [5.74, 6) is 1.51. The third-order valence-electron chi connectivity index (χ3n) is 4.69. The van der Waals surface area contributed by atoms with Crippen molar-refractivity contribution in [3.8, 4) is 11.5 Å². The van der Waals surface area contributed by atoms with E-state index >= 15 is 0 Å². The summed E-state index contributed by atoms with van der Waals surface area (Å²) >= 11 is 0. The Labute approximate surface area is 167 Å². The fourth-order valence-electron chi connectivity index (χ4n) is 3.36. The number of pyridine rings is 1. The minimum absolute atomic E-state index is 0.279. The lowest BCUT2D eigenvalue weighted by Crippen LogP contribution is -2.31. The second-order valence-corrected chi connectivity index (χ2v) is 6.40. The van der Waals surface area contributed by atoms with Crippen LogP contribution in [-0.4, -0.2) is 39.9 Å². The lowest BCUT2D eigenvalue weighted by Gasteiger charge is -2.29. The molecule has 1 aromatic carbocycles. The summed E-state index contributed by atoms with van der Waals surface area (Å²) in [5.41, 5.74) is 2.48. The van der Waals surface area contributed by atoms with Gasteiger partial charge in [0.15, 0.2) is 0 Å². The van der Waals surface area contributed by atoms with E-state index in [1.807, 2.05) is 13.0 Å². The number of hydrogen-bond acceptors (Lipinski definition) is 7. The zero-order valence-electron chi connectivity index (χ0n) is 16.2. The molecule has 1 amide bonds.